The minimum atomic E-state index is -0.500. The van der Waals surface area contributed by atoms with Gasteiger partial charge in [-0.2, -0.15) is 0 Å². The molecule has 0 aromatic heterocycles. The monoisotopic (exact) mass is 132 g/mol. The third kappa shape index (κ3) is 177000. The van der Waals surface area contributed by atoms with Crippen LogP contribution in [0, 0.1) is 5.92 Å². The van der Waals surface area contributed by atoms with E-state index in [0.717, 1.165) is 5.92 Å². The van der Waals surface area contributed by atoms with Gasteiger partial charge in [-0.15, -0.1) is 0 Å². The number of rotatable bonds is 0. The molecule has 0 fully saturated rings. The van der Waals surface area contributed by atoms with Crippen LogP contribution in [-0.2, 0) is 0 Å². The summed E-state index contributed by atoms with van der Waals surface area (Å²) in [6.07, 6.45) is 0. The third-order valence-corrected chi connectivity index (χ3v) is 0. The zero-order valence-corrected chi connectivity index (χ0v) is 7.52. The predicted molar refractivity (Wildman–Crippen MR) is 42.5 cm³/mol. The third-order valence-electron chi connectivity index (χ3n) is 0. The van der Waals surface area contributed by atoms with Crippen molar-refractivity contribution in [1.29, 1.82) is 0 Å². The Morgan fingerprint density at radius 1 is 1.00 bits per heavy atom. The molecule has 0 radical (unpaired) electrons. The molecule has 0 atom stereocenters. The molecule has 0 saturated heterocycles. The van der Waals surface area contributed by atoms with Gasteiger partial charge < -0.3 is 5.11 Å². The van der Waals surface area contributed by atoms with Crippen LogP contribution in [0.3, 0.4) is 0 Å². The molecule has 0 unspecified atom stereocenters. The average molecular weight is 132 g/mol. The molecule has 0 saturated carbocycles. The highest BCUT2D eigenvalue weighted by molar-refractivity contribution is 4.50. The van der Waals surface area contributed by atoms with Crippen LogP contribution in [0.4, 0.5) is 0 Å². The van der Waals surface area contributed by atoms with E-state index in [0.29, 0.717) is 0 Å². The quantitative estimate of drug-likeness (QED) is 0.536. The van der Waals surface area contributed by atoms with Crippen LogP contribution < -0.4 is 0 Å². The second-order valence-corrected chi connectivity index (χ2v) is 3.90. The van der Waals surface area contributed by atoms with Crippen LogP contribution in [0.15, 0.2) is 0 Å². The van der Waals surface area contributed by atoms with E-state index in [1.54, 1.807) is 20.8 Å². The lowest BCUT2D eigenvalue weighted by molar-refractivity contribution is 0.102. The van der Waals surface area contributed by atoms with Crippen LogP contribution in [0.25, 0.3) is 0 Å². The van der Waals surface area contributed by atoms with Crippen molar-refractivity contribution < 1.29 is 5.11 Å². The SMILES string of the molecule is CC(C)(C)O.CC(C)C. The van der Waals surface area contributed by atoms with Crippen LogP contribution in [-0.4, -0.2) is 10.7 Å². The van der Waals surface area contributed by atoms with Crippen molar-refractivity contribution in [2.75, 3.05) is 0 Å². The Kier molecular flexibility index (Phi) is 6.25. The van der Waals surface area contributed by atoms with Gasteiger partial charge in [0.15, 0.2) is 0 Å². The Bertz CT molecular complexity index is 41.3. The standard InChI is InChI=1S/C4H10O.C4H10/c1-4(2,3)5;1-4(2)3/h5H,1-3H3;4H,1-3H3. The van der Waals surface area contributed by atoms with Gasteiger partial charge in [-0.25, -0.2) is 0 Å². The van der Waals surface area contributed by atoms with Crippen LogP contribution in [0.2, 0.25) is 0 Å². The molecule has 0 rings (SSSR count). The minimum Gasteiger partial charge on any atom is -0.391 e. The molecule has 0 aromatic carbocycles. The van der Waals surface area contributed by atoms with Gasteiger partial charge in [0.1, 0.15) is 0 Å². The average Bonchev–Trinajstić information content (AvgIpc) is 1.19. The van der Waals surface area contributed by atoms with Gasteiger partial charge in [0.25, 0.3) is 0 Å². The highest BCUT2D eigenvalue weighted by Gasteiger charge is 1.97. The highest BCUT2D eigenvalue weighted by Crippen LogP contribution is 1.93. The molecule has 1 heteroatoms. The Labute approximate surface area is 59.1 Å². The van der Waals surface area contributed by atoms with Crippen molar-refractivity contribution >= 4 is 0 Å². The zero-order chi connectivity index (χ0) is 8.08. The second-order valence-electron chi connectivity index (χ2n) is 3.90. The van der Waals surface area contributed by atoms with Gasteiger partial charge in [-0.05, 0) is 26.7 Å². The summed E-state index contributed by atoms with van der Waals surface area (Å²) in [4.78, 5) is 0. The largest absolute Gasteiger partial charge is 0.391 e. The highest BCUT2D eigenvalue weighted by atomic mass is 16.3. The normalized spacial score (nSPS) is 10.7. The number of aliphatic hydroxyl groups is 1. The summed E-state index contributed by atoms with van der Waals surface area (Å²) in [6, 6.07) is 0. The minimum absolute atomic E-state index is 0.500. The molecule has 0 aliphatic carbocycles. The molecular weight excluding hydrogens is 112 g/mol. The summed E-state index contributed by atoms with van der Waals surface area (Å²) < 4.78 is 0. The molecule has 9 heavy (non-hydrogen) atoms. The lowest BCUT2D eigenvalue weighted by atomic mass is 10.2. The maximum absolute atomic E-state index is 8.52. The van der Waals surface area contributed by atoms with Crippen LogP contribution >= 0.6 is 0 Å². The molecule has 0 aromatic rings. The summed E-state index contributed by atoms with van der Waals surface area (Å²) in [6.45, 7) is 11.7. The molecule has 0 spiro atoms. The fraction of sp³-hybridized carbons (Fsp3) is 1.00. The van der Waals surface area contributed by atoms with E-state index in [1.165, 1.54) is 0 Å². The lowest BCUT2D eigenvalue weighted by Crippen LogP contribution is -2.10. The van der Waals surface area contributed by atoms with Gasteiger partial charge in [-0.1, -0.05) is 20.8 Å². The first-order chi connectivity index (χ1) is 3.73. The molecule has 0 aliphatic rings. The number of hydrogen-bond acceptors (Lipinski definition) is 1. The molecule has 0 heterocycles. The van der Waals surface area contributed by atoms with Gasteiger partial charge in [0, 0.05) is 0 Å². The maximum Gasteiger partial charge on any atom is 0.0563 e. The van der Waals surface area contributed by atoms with E-state index in [2.05, 4.69) is 20.8 Å². The summed E-state index contributed by atoms with van der Waals surface area (Å²) in [5.41, 5.74) is -0.500. The molecular formula is C8H20O. The summed E-state index contributed by atoms with van der Waals surface area (Å²) in [7, 11) is 0. The Morgan fingerprint density at radius 2 is 1.00 bits per heavy atom. The Hall–Kier alpha value is -0.0400. The van der Waals surface area contributed by atoms with Crippen LogP contribution in [0.5, 0.6) is 0 Å². The molecule has 0 amide bonds. The van der Waals surface area contributed by atoms with Crippen molar-refractivity contribution in [3.8, 4) is 0 Å². The van der Waals surface area contributed by atoms with Crippen molar-refractivity contribution in [3.63, 3.8) is 0 Å². The van der Waals surface area contributed by atoms with Gasteiger partial charge in [0.05, 0.1) is 5.60 Å². The van der Waals surface area contributed by atoms with Crippen molar-refractivity contribution in [2.24, 2.45) is 5.92 Å². The van der Waals surface area contributed by atoms with Gasteiger partial charge in [0.2, 0.25) is 0 Å². The van der Waals surface area contributed by atoms with E-state index in [1.807, 2.05) is 0 Å². The summed E-state index contributed by atoms with van der Waals surface area (Å²) in [5, 5.41) is 8.52. The number of hydrogen-bond donors (Lipinski definition) is 1. The molecule has 1 nitrogen and oxygen atoms in total. The van der Waals surface area contributed by atoms with Gasteiger partial charge in [-0.3, -0.25) is 0 Å². The Balaban J connectivity index is 0. The van der Waals surface area contributed by atoms with E-state index >= 15 is 0 Å². The lowest BCUT2D eigenvalue weighted by Gasteiger charge is -2.04. The first-order valence-electron chi connectivity index (χ1n) is 3.46. The fourth-order valence-electron chi connectivity index (χ4n) is 0. The first-order valence-corrected chi connectivity index (χ1v) is 3.46. The topological polar surface area (TPSA) is 20.2 Å². The summed E-state index contributed by atoms with van der Waals surface area (Å²) >= 11 is 0. The Morgan fingerprint density at radius 3 is 1.00 bits per heavy atom. The summed E-state index contributed by atoms with van der Waals surface area (Å²) in [5.74, 6) is 0.833. The maximum atomic E-state index is 8.52. The van der Waals surface area contributed by atoms with Crippen molar-refractivity contribution in [1.82, 2.24) is 0 Å². The van der Waals surface area contributed by atoms with Crippen molar-refractivity contribution in [3.05, 3.63) is 0 Å². The molecule has 1 N–H and O–H groups in total. The van der Waals surface area contributed by atoms with E-state index in [4.69, 9.17) is 5.11 Å². The van der Waals surface area contributed by atoms with E-state index < -0.39 is 5.60 Å². The fourth-order valence-corrected chi connectivity index (χ4v) is 0. The van der Waals surface area contributed by atoms with Crippen LogP contribution in [0.1, 0.15) is 41.5 Å². The second kappa shape index (κ2) is 4.80. The first kappa shape index (κ1) is 11.7. The molecule has 58 valence electrons. The van der Waals surface area contributed by atoms with E-state index in [9.17, 15) is 0 Å². The predicted octanol–water partition coefficient (Wildman–Crippen LogP) is 2.44. The zero-order valence-electron chi connectivity index (χ0n) is 7.52. The van der Waals surface area contributed by atoms with Gasteiger partial charge >= 0.3 is 0 Å². The van der Waals surface area contributed by atoms with Crippen molar-refractivity contribution in [2.45, 2.75) is 47.1 Å². The molecule has 0 aliphatic heterocycles. The smallest absolute Gasteiger partial charge is 0.0563 e. The van der Waals surface area contributed by atoms with E-state index in [-0.39, 0.29) is 0 Å². The molecule has 0 bridgehead atoms.